The van der Waals surface area contributed by atoms with Gasteiger partial charge in [0, 0.05) is 22.2 Å². The third kappa shape index (κ3) is 6.77. The number of carbonyl (C=O) groups is 2. The topological polar surface area (TPSA) is 90.5 Å². The molecule has 4 rings (SSSR count). The van der Waals surface area contributed by atoms with Gasteiger partial charge in [-0.1, -0.05) is 17.7 Å². The molecule has 0 saturated heterocycles. The number of halogens is 11. The molecule has 1 saturated carbocycles. The Balaban J connectivity index is 1.52. The Labute approximate surface area is 251 Å². The minimum atomic E-state index is -5.01. The maximum absolute atomic E-state index is 14.8. The van der Waals surface area contributed by atoms with Crippen LogP contribution in [0.25, 0.3) is 0 Å². The number of hydrogen-bond donors (Lipinski definition) is 4. The molecule has 230 valence electrons. The van der Waals surface area contributed by atoms with E-state index in [0.717, 1.165) is 18.2 Å². The van der Waals surface area contributed by atoms with Gasteiger partial charge in [0.25, 0.3) is 5.91 Å². The van der Waals surface area contributed by atoms with E-state index in [1.165, 1.54) is 17.4 Å². The van der Waals surface area contributed by atoms with Crippen molar-refractivity contribution in [2.45, 2.75) is 29.1 Å². The predicted molar refractivity (Wildman–Crippen MR) is 142 cm³/mol. The summed E-state index contributed by atoms with van der Waals surface area (Å²) in [6.07, 6.45) is -10.4. The predicted octanol–water partition coefficient (Wildman–Crippen LogP) is 7.61. The summed E-state index contributed by atoms with van der Waals surface area (Å²) in [5.74, 6) is -9.67. The third-order valence-corrected chi connectivity index (χ3v) is 7.66. The highest BCUT2D eigenvalue weighted by Gasteiger charge is 2.67. The highest BCUT2D eigenvalue weighted by molar-refractivity contribution is 6.53. The number of nitrogens with one attached hydrogen (secondary N) is 3. The lowest BCUT2D eigenvalue weighted by atomic mass is 10.0. The smallest absolute Gasteiger partial charge is 0.369 e. The molecule has 6 nitrogen and oxygen atoms in total. The van der Waals surface area contributed by atoms with E-state index in [1.54, 1.807) is 0 Å². The van der Waals surface area contributed by atoms with E-state index in [9.17, 15) is 49.8 Å². The monoisotopic (exact) mass is 675 g/mol. The zero-order chi connectivity index (χ0) is 32.0. The molecule has 4 N–H and O–H groups in total. The number of benzene rings is 3. The van der Waals surface area contributed by atoms with Crippen LogP contribution in [0.1, 0.15) is 28.8 Å². The van der Waals surface area contributed by atoms with Crippen molar-refractivity contribution < 1.29 is 49.8 Å². The van der Waals surface area contributed by atoms with Gasteiger partial charge in [0.1, 0.15) is 21.7 Å². The van der Waals surface area contributed by atoms with Gasteiger partial charge in [-0.25, -0.2) is 13.2 Å². The van der Waals surface area contributed by atoms with Crippen LogP contribution in [0, 0.1) is 23.4 Å². The summed E-state index contributed by atoms with van der Waals surface area (Å²) < 4.78 is 105. The molecule has 0 aliphatic heterocycles. The van der Waals surface area contributed by atoms with Gasteiger partial charge >= 0.3 is 12.6 Å². The van der Waals surface area contributed by atoms with Crippen LogP contribution >= 0.6 is 34.8 Å². The summed E-state index contributed by atoms with van der Waals surface area (Å²) in [7, 11) is 0. The van der Waals surface area contributed by atoms with Gasteiger partial charge in [-0.05, 0) is 48.0 Å². The van der Waals surface area contributed by atoms with Gasteiger partial charge in [0.2, 0.25) is 5.91 Å². The summed E-state index contributed by atoms with van der Waals surface area (Å²) in [5, 5.41) is 16.6. The second-order valence-corrected chi connectivity index (χ2v) is 11.1. The molecule has 1 fully saturated rings. The van der Waals surface area contributed by atoms with Gasteiger partial charge in [-0.15, -0.1) is 23.2 Å². The summed E-state index contributed by atoms with van der Waals surface area (Å²) in [6, 6.07) is 7.15. The number of hydrogen-bond acceptors (Lipinski definition) is 4. The zero-order valence-corrected chi connectivity index (χ0v) is 23.1. The highest BCUT2D eigenvalue weighted by atomic mass is 35.5. The number of aliphatic hydroxyl groups is 1. The zero-order valence-electron chi connectivity index (χ0n) is 20.8. The number of rotatable bonds is 8. The van der Waals surface area contributed by atoms with Crippen molar-refractivity contribution in [3.05, 3.63) is 87.7 Å². The molecular weight excluding hydrogens is 661 g/mol. The Morgan fingerprint density at radius 2 is 1.58 bits per heavy atom. The van der Waals surface area contributed by atoms with Crippen LogP contribution in [-0.2, 0) is 15.8 Å². The molecule has 3 aromatic rings. The average molecular weight is 677 g/mol. The summed E-state index contributed by atoms with van der Waals surface area (Å²) in [4.78, 5) is 24.2. The third-order valence-electron chi connectivity index (χ3n) is 6.38. The molecule has 43 heavy (non-hydrogen) atoms. The van der Waals surface area contributed by atoms with E-state index >= 15 is 0 Å². The maximum Gasteiger partial charge on any atom is 0.419 e. The van der Waals surface area contributed by atoms with E-state index in [0.29, 0.717) is 18.2 Å². The minimum absolute atomic E-state index is 0.0282. The Kier molecular flexibility index (Phi) is 9.08. The number of carbonyl (C=O) groups excluding carboxylic acids is 2. The van der Waals surface area contributed by atoms with Crippen LogP contribution < -0.4 is 16.0 Å². The normalized spacial score (nSPS) is 18.3. The lowest BCUT2D eigenvalue weighted by Gasteiger charge is -2.19. The van der Waals surface area contributed by atoms with Crippen molar-refractivity contribution in [3.8, 4) is 0 Å². The van der Waals surface area contributed by atoms with Crippen LogP contribution in [0.4, 0.5) is 52.2 Å². The molecule has 0 unspecified atom stereocenters. The van der Waals surface area contributed by atoms with Gasteiger partial charge in [0.15, 0.2) is 12.0 Å². The molecule has 0 spiro atoms. The standard InChI is InChI=1S/C26H16Cl3F8N3O3/c27-13-3-2-10(8-11(13)22(41)39-16-6-5-15(31)20(19(16)32)40-24(43)21(33)34)38-23(42)18-17(25(18,28)29)9-1-4-14(30)12(7-9)26(35,36)37/h1-8,17-18,21-22,39,41H,(H,38,42)(H,40,43)/t17-,18+,22+/m0/s1. The Morgan fingerprint density at radius 3 is 2.21 bits per heavy atom. The van der Waals surface area contributed by atoms with Gasteiger partial charge in [0.05, 0.1) is 17.2 Å². The molecule has 3 aromatic carbocycles. The van der Waals surface area contributed by atoms with Crippen molar-refractivity contribution in [1.82, 2.24) is 0 Å². The summed E-state index contributed by atoms with van der Waals surface area (Å²) in [6.45, 7) is 0. The minimum Gasteiger partial charge on any atom is -0.369 e. The van der Waals surface area contributed by atoms with Crippen molar-refractivity contribution in [1.29, 1.82) is 0 Å². The van der Waals surface area contributed by atoms with Crippen molar-refractivity contribution >= 4 is 63.7 Å². The van der Waals surface area contributed by atoms with Crippen molar-refractivity contribution in [3.63, 3.8) is 0 Å². The molecule has 0 heterocycles. The molecule has 1 aliphatic rings. The number of anilines is 3. The van der Waals surface area contributed by atoms with E-state index in [-0.39, 0.29) is 21.8 Å². The van der Waals surface area contributed by atoms with Crippen molar-refractivity contribution in [2.24, 2.45) is 5.92 Å². The van der Waals surface area contributed by atoms with Gasteiger partial charge in [-0.3, -0.25) is 9.59 Å². The van der Waals surface area contributed by atoms with Crippen LogP contribution in [0.2, 0.25) is 5.02 Å². The Morgan fingerprint density at radius 1 is 0.930 bits per heavy atom. The summed E-state index contributed by atoms with van der Waals surface area (Å²) in [5.41, 5.74) is -3.74. The second-order valence-electron chi connectivity index (χ2n) is 9.21. The van der Waals surface area contributed by atoms with Crippen LogP contribution in [0.15, 0.2) is 48.5 Å². The fraction of sp³-hybridized carbons (Fsp3) is 0.231. The molecule has 2 amide bonds. The van der Waals surface area contributed by atoms with E-state index in [1.807, 2.05) is 0 Å². The van der Waals surface area contributed by atoms with Gasteiger partial charge in [-0.2, -0.15) is 22.0 Å². The quantitative estimate of drug-likeness (QED) is 0.112. The summed E-state index contributed by atoms with van der Waals surface area (Å²) >= 11 is 18.5. The molecule has 17 heteroatoms. The number of alkyl halides is 7. The first-order chi connectivity index (χ1) is 19.9. The maximum atomic E-state index is 14.8. The van der Waals surface area contributed by atoms with Gasteiger partial charge < -0.3 is 21.1 Å². The molecule has 3 atom stereocenters. The van der Waals surface area contributed by atoms with E-state index in [4.69, 9.17) is 34.8 Å². The first-order valence-corrected chi connectivity index (χ1v) is 12.9. The second kappa shape index (κ2) is 12.0. The fourth-order valence-corrected chi connectivity index (χ4v) is 5.30. The van der Waals surface area contributed by atoms with Crippen LogP contribution in [-0.4, -0.2) is 27.7 Å². The SMILES string of the molecule is O=C(Nc1c(F)ccc(N[C@H](O)c2cc(NC(=O)[C@H]3[C@H](c4ccc(F)c(C(F)(F)F)c4)C3(Cl)Cl)ccc2Cl)c1F)C(F)F. The van der Waals surface area contributed by atoms with Crippen LogP contribution in [0.5, 0.6) is 0 Å². The van der Waals surface area contributed by atoms with Crippen LogP contribution in [0.3, 0.4) is 0 Å². The lowest BCUT2D eigenvalue weighted by molar-refractivity contribution is -0.140. The van der Waals surface area contributed by atoms with Crippen molar-refractivity contribution in [2.75, 3.05) is 16.0 Å². The molecular formula is C26H16Cl3F8N3O3. The first kappa shape index (κ1) is 32.6. The van der Waals surface area contributed by atoms with E-state index in [2.05, 4.69) is 10.6 Å². The fourth-order valence-electron chi connectivity index (χ4n) is 4.25. The molecule has 0 radical (unpaired) electrons. The Bertz CT molecular complexity index is 1590. The molecule has 0 bridgehead atoms. The lowest BCUT2D eigenvalue weighted by Crippen LogP contribution is -2.22. The van der Waals surface area contributed by atoms with E-state index < -0.39 is 81.2 Å². The molecule has 0 aromatic heterocycles. The molecule has 1 aliphatic carbocycles. The first-order valence-electron chi connectivity index (χ1n) is 11.8. The average Bonchev–Trinajstić information content (AvgIpc) is 3.50. The highest BCUT2D eigenvalue weighted by Crippen LogP contribution is 2.65. The largest absolute Gasteiger partial charge is 0.419 e. The number of aliphatic hydroxyl groups excluding tert-OH is 1. The number of amides is 2. The Hall–Kier alpha value is -3.33.